The van der Waals surface area contributed by atoms with Crippen molar-refractivity contribution in [2.45, 2.75) is 26.2 Å². The lowest BCUT2D eigenvalue weighted by molar-refractivity contribution is -0.385. The molecule has 28 heavy (non-hydrogen) atoms. The van der Waals surface area contributed by atoms with Crippen LogP contribution in [0, 0.1) is 10.1 Å². The van der Waals surface area contributed by atoms with Crippen molar-refractivity contribution in [2.24, 2.45) is 0 Å². The van der Waals surface area contributed by atoms with Crippen molar-refractivity contribution in [1.82, 2.24) is 19.9 Å². The molecule has 0 atom stereocenters. The molecule has 0 unspecified atom stereocenters. The monoisotopic (exact) mass is 381 g/mol. The Labute approximate surface area is 158 Å². The number of imidazole rings is 1. The first-order chi connectivity index (χ1) is 13.2. The standard InChI is InChI=1S/C19H19N5O4/c1-19(2,3)16-12(20-10-21-16)9-14-18(26)22-13(17(25)23-14)8-11-6-4-5-7-15(11)24(27)28/h4-10H,1-3H3,(H,20,21)(H,22,26)(H,23,25)/b13-8-,14-9-. The molecule has 3 N–H and O–H groups in total. The van der Waals surface area contributed by atoms with E-state index in [1.54, 1.807) is 6.07 Å². The van der Waals surface area contributed by atoms with E-state index in [9.17, 15) is 19.7 Å². The summed E-state index contributed by atoms with van der Waals surface area (Å²) in [5.41, 5.74) is 0.0870. The van der Waals surface area contributed by atoms with E-state index in [4.69, 9.17) is 0 Å². The first-order valence-corrected chi connectivity index (χ1v) is 8.50. The van der Waals surface area contributed by atoms with Crippen LogP contribution >= 0.6 is 0 Å². The zero-order valence-electron chi connectivity index (χ0n) is 15.6. The van der Waals surface area contributed by atoms with Crippen molar-refractivity contribution in [3.8, 4) is 0 Å². The summed E-state index contributed by atoms with van der Waals surface area (Å²) >= 11 is 0. The van der Waals surface area contributed by atoms with E-state index >= 15 is 0 Å². The number of aromatic nitrogens is 4. The van der Waals surface area contributed by atoms with Gasteiger partial charge in [-0.05, 0) is 18.2 Å². The van der Waals surface area contributed by atoms with Crippen molar-refractivity contribution in [1.29, 1.82) is 0 Å². The second-order valence-corrected chi connectivity index (χ2v) is 7.25. The van der Waals surface area contributed by atoms with Crippen molar-refractivity contribution in [3.63, 3.8) is 0 Å². The number of para-hydroxylation sites is 1. The molecular weight excluding hydrogens is 362 g/mol. The zero-order valence-corrected chi connectivity index (χ0v) is 15.6. The fraction of sp³-hybridized carbons (Fsp3) is 0.211. The number of hydrogen-bond acceptors (Lipinski definition) is 5. The lowest BCUT2D eigenvalue weighted by Gasteiger charge is -2.16. The molecule has 3 aromatic rings. The minimum absolute atomic E-state index is 0.0438. The minimum atomic E-state index is -0.572. The van der Waals surface area contributed by atoms with E-state index in [-0.39, 0.29) is 27.4 Å². The Balaban J connectivity index is 2.17. The van der Waals surface area contributed by atoms with Gasteiger partial charge >= 0.3 is 0 Å². The van der Waals surface area contributed by atoms with E-state index in [1.807, 2.05) is 20.8 Å². The maximum atomic E-state index is 12.4. The lowest BCUT2D eigenvalue weighted by atomic mass is 9.90. The smallest absolute Gasteiger partial charge is 0.276 e. The quantitative estimate of drug-likeness (QED) is 0.452. The highest BCUT2D eigenvalue weighted by molar-refractivity contribution is 5.59. The third-order valence-electron chi connectivity index (χ3n) is 4.12. The molecule has 0 radical (unpaired) electrons. The highest BCUT2D eigenvalue weighted by Crippen LogP contribution is 2.22. The summed E-state index contributed by atoms with van der Waals surface area (Å²) in [7, 11) is 0. The van der Waals surface area contributed by atoms with E-state index in [2.05, 4.69) is 19.9 Å². The van der Waals surface area contributed by atoms with E-state index in [0.29, 0.717) is 5.69 Å². The molecule has 0 spiro atoms. The number of aromatic amines is 3. The molecule has 0 fully saturated rings. The van der Waals surface area contributed by atoms with Gasteiger partial charge in [-0.25, -0.2) is 4.98 Å². The Bertz CT molecular complexity index is 1270. The van der Waals surface area contributed by atoms with Crippen LogP contribution in [0.2, 0.25) is 0 Å². The molecule has 2 aromatic heterocycles. The molecule has 9 heteroatoms. The second kappa shape index (κ2) is 7.10. The number of nitrogens with zero attached hydrogens (tertiary/aromatic N) is 2. The molecule has 3 rings (SSSR count). The Morgan fingerprint density at radius 3 is 2.25 bits per heavy atom. The van der Waals surface area contributed by atoms with Crippen LogP contribution in [-0.4, -0.2) is 24.9 Å². The number of rotatable bonds is 3. The fourth-order valence-electron chi connectivity index (χ4n) is 2.78. The average molecular weight is 381 g/mol. The predicted octanol–water partition coefficient (Wildman–Crippen LogP) is 0.650. The van der Waals surface area contributed by atoms with Crippen LogP contribution in [-0.2, 0) is 5.41 Å². The summed E-state index contributed by atoms with van der Waals surface area (Å²) in [6, 6.07) is 5.96. The van der Waals surface area contributed by atoms with Gasteiger partial charge in [0.05, 0.1) is 22.5 Å². The highest BCUT2D eigenvalue weighted by atomic mass is 16.6. The van der Waals surface area contributed by atoms with Crippen LogP contribution in [0.25, 0.3) is 12.2 Å². The molecule has 1 aromatic carbocycles. The van der Waals surface area contributed by atoms with Gasteiger partial charge < -0.3 is 15.0 Å². The van der Waals surface area contributed by atoms with Crippen LogP contribution in [0.15, 0.2) is 40.2 Å². The van der Waals surface area contributed by atoms with Crippen LogP contribution in [0.4, 0.5) is 5.69 Å². The largest absolute Gasteiger partial charge is 0.348 e. The maximum Gasteiger partial charge on any atom is 0.276 e. The summed E-state index contributed by atoms with van der Waals surface area (Å²) in [5.74, 6) is 0. The number of nitro benzene ring substituents is 1. The topological polar surface area (TPSA) is 138 Å². The van der Waals surface area contributed by atoms with Crippen molar-refractivity contribution < 1.29 is 4.92 Å². The summed E-state index contributed by atoms with van der Waals surface area (Å²) in [4.78, 5) is 47.7. The zero-order chi connectivity index (χ0) is 20.5. The van der Waals surface area contributed by atoms with Gasteiger partial charge in [0.1, 0.15) is 10.7 Å². The lowest BCUT2D eigenvalue weighted by Crippen LogP contribution is -2.46. The molecule has 0 saturated heterocycles. The van der Waals surface area contributed by atoms with Crippen molar-refractivity contribution >= 4 is 17.8 Å². The second-order valence-electron chi connectivity index (χ2n) is 7.25. The van der Waals surface area contributed by atoms with Crippen LogP contribution in [0.5, 0.6) is 0 Å². The molecule has 144 valence electrons. The minimum Gasteiger partial charge on any atom is -0.348 e. The molecule has 0 saturated carbocycles. The molecule has 9 nitrogen and oxygen atoms in total. The summed E-state index contributed by atoms with van der Waals surface area (Å²) in [6.45, 7) is 5.99. The molecule has 0 bridgehead atoms. The summed E-state index contributed by atoms with van der Waals surface area (Å²) in [6.07, 6.45) is 4.29. The van der Waals surface area contributed by atoms with Gasteiger partial charge in [0.15, 0.2) is 0 Å². The van der Waals surface area contributed by atoms with E-state index < -0.39 is 16.0 Å². The number of benzene rings is 1. The fourth-order valence-corrected chi connectivity index (χ4v) is 2.78. The highest BCUT2D eigenvalue weighted by Gasteiger charge is 2.19. The molecule has 0 aliphatic carbocycles. The van der Waals surface area contributed by atoms with Crippen LogP contribution in [0.1, 0.15) is 37.7 Å². The van der Waals surface area contributed by atoms with Gasteiger partial charge in [0.2, 0.25) is 0 Å². The first-order valence-electron chi connectivity index (χ1n) is 8.50. The predicted molar refractivity (Wildman–Crippen MR) is 104 cm³/mol. The maximum absolute atomic E-state index is 12.4. The van der Waals surface area contributed by atoms with Gasteiger partial charge in [0, 0.05) is 17.2 Å². The van der Waals surface area contributed by atoms with Crippen molar-refractivity contribution in [3.05, 3.63) is 89.1 Å². The summed E-state index contributed by atoms with van der Waals surface area (Å²) in [5, 5.41) is 11.1. The number of nitro groups is 1. The number of H-pyrrole nitrogens is 3. The van der Waals surface area contributed by atoms with Crippen LogP contribution in [0.3, 0.4) is 0 Å². The van der Waals surface area contributed by atoms with Gasteiger partial charge in [0.25, 0.3) is 16.8 Å². The van der Waals surface area contributed by atoms with Gasteiger partial charge in [-0.15, -0.1) is 0 Å². The molecule has 2 heterocycles. The van der Waals surface area contributed by atoms with Gasteiger partial charge in [-0.3, -0.25) is 19.7 Å². The van der Waals surface area contributed by atoms with Gasteiger partial charge in [-0.1, -0.05) is 32.9 Å². The number of nitrogens with one attached hydrogen (secondary N) is 3. The molecular formula is C19H19N5O4. The summed E-state index contributed by atoms with van der Waals surface area (Å²) < 4.78 is 0. The molecule has 0 aliphatic rings. The van der Waals surface area contributed by atoms with Crippen molar-refractivity contribution in [2.75, 3.05) is 0 Å². The van der Waals surface area contributed by atoms with Crippen LogP contribution < -0.4 is 21.8 Å². The Kier molecular flexibility index (Phi) is 4.83. The number of hydrogen-bond donors (Lipinski definition) is 3. The average Bonchev–Trinajstić information content (AvgIpc) is 3.08. The third kappa shape index (κ3) is 3.83. The van der Waals surface area contributed by atoms with E-state index in [0.717, 1.165) is 5.69 Å². The third-order valence-corrected chi connectivity index (χ3v) is 4.12. The first kappa shape index (κ1) is 19.0. The SMILES string of the molecule is CC(C)(C)c1[nH]cnc1/C=c1\[nH]c(=O)/c(=C/c2ccccc2[N+](=O)[O-])[nH]c1=O. The normalized spacial score (nSPS) is 13.1. The van der Waals surface area contributed by atoms with E-state index in [1.165, 1.54) is 36.7 Å². The molecule has 0 aliphatic heterocycles. The van der Waals surface area contributed by atoms with Gasteiger partial charge in [-0.2, -0.15) is 0 Å². The Morgan fingerprint density at radius 2 is 1.64 bits per heavy atom. The Hall–Kier alpha value is -3.75. The molecule has 0 amide bonds. The Morgan fingerprint density at radius 1 is 1.04 bits per heavy atom.